The normalized spacial score (nSPS) is 23.1. The van der Waals surface area contributed by atoms with Gasteiger partial charge in [-0.1, -0.05) is 6.92 Å². The smallest absolute Gasteiger partial charge is 0.305 e. The minimum absolute atomic E-state index is 0.0227. The van der Waals surface area contributed by atoms with Gasteiger partial charge in [-0.15, -0.1) is 0 Å². The van der Waals surface area contributed by atoms with Gasteiger partial charge in [-0.05, 0) is 44.7 Å². The molecule has 1 heterocycles. The quantitative estimate of drug-likeness (QED) is 0.662. The largest absolute Gasteiger partial charge is 0.481 e. The zero-order valence-corrected chi connectivity index (χ0v) is 11.2. The van der Waals surface area contributed by atoms with E-state index < -0.39 is 5.97 Å². The molecule has 1 aliphatic rings. The van der Waals surface area contributed by atoms with E-state index in [1.807, 2.05) is 0 Å². The van der Waals surface area contributed by atoms with Gasteiger partial charge in [0.1, 0.15) is 0 Å². The maximum Gasteiger partial charge on any atom is 0.305 e. The van der Waals surface area contributed by atoms with E-state index in [9.17, 15) is 9.59 Å². The van der Waals surface area contributed by atoms with E-state index in [2.05, 4.69) is 17.6 Å². The number of piperidine rings is 1. The molecule has 1 rings (SSSR count). The maximum absolute atomic E-state index is 11.8. The van der Waals surface area contributed by atoms with Crippen LogP contribution in [0.5, 0.6) is 0 Å². The monoisotopic (exact) mass is 256 g/mol. The molecular formula is C13H24N2O3. The molecule has 104 valence electrons. The molecule has 0 aromatic rings. The van der Waals surface area contributed by atoms with Crippen LogP contribution in [-0.2, 0) is 9.59 Å². The van der Waals surface area contributed by atoms with Crippen LogP contribution in [0.15, 0.2) is 0 Å². The molecule has 3 atom stereocenters. The van der Waals surface area contributed by atoms with Crippen molar-refractivity contribution in [1.29, 1.82) is 0 Å². The standard InChI is InChI=1S/C13H24N2O3/c1-9(11-4-3-5-14-8-11)6-12(16)15-10(2)7-13(17)18/h9-11,14H,3-8H2,1-2H3,(H,15,16)(H,17,18). The molecule has 18 heavy (non-hydrogen) atoms. The van der Waals surface area contributed by atoms with Gasteiger partial charge in [-0.2, -0.15) is 0 Å². The van der Waals surface area contributed by atoms with Crippen LogP contribution >= 0.6 is 0 Å². The molecule has 0 bridgehead atoms. The van der Waals surface area contributed by atoms with Crippen molar-refractivity contribution in [1.82, 2.24) is 10.6 Å². The summed E-state index contributed by atoms with van der Waals surface area (Å²) in [5.74, 6) is -0.0248. The number of rotatable bonds is 6. The molecule has 1 saturated heterocycles. The Morgan fingerprint density at radius 2 is 2.11 bits per heavy atom. The van der Waals surface area contributed by atoms with Gasteiger partial charge in [0, 0.05) is 12.5 Å². The predicted octanol–water partition coefficient (Wildman–Crippen LogP) is 0.992. The van der Waals surface area contributed by atoms with Gasteiger partial charge in [0.05, 0.1) is 6.42 Å². The predicted molar refractivity (Wildman–Crippen MR) is 69.2 cm³/mol. The summed E-state index contributed by atoms with van der Waals surface area (Å²) >= 11 is 0. The van der Waals surface area contributed by atoms with Crippen LogP contribution in [0.1, 0.15) is 39.5 Å². The lowest BCUT2D eigenvalue weighted by molar-refractivity contribution is -0.137. The fourth-order valence-corrected chi connectivity index (χ4v) is 2.47. The lowest BCUT2D eigenvalue weighted by atomic mass is 9.85. The molecule has 1 fully saturated rings. The van der Waals surface area contributed by atoms with Crippen molar-refractivity contribution in [2.24, 2.45) is 11.8 Å². The molecule has 5 heteroatoms. The SMILES string of the molecule is CC(CC(=O)O)NC(=O)CC(C)C1CCCNC1. The number of nitrogens with one attached hydrogen (secondary N) is 2. The fourth-order valence-electron chi connectivity index (χ4n) is 2.47. The second-order valence-electron chi connectivity index (χ2n) is 5.35. The molecule has 5 nitrogen and oxygen atoms in total. The summed E-state index contributed by atoms with van der Waals surface area (Å²) in [6.45, 7) is 5.88. The highest BCUT2D eigenvalue weighted by molar-refractivity contribution is 5.77. The molecule has 0 aromatic carbocycles. The number of hydrogen-bond donors (Lipinski definition) is 3. The molecule has 0 aromatic heterocycles. The van der Waals surface area contributed by atoms with Crippen molar-refractivity contribution in [3.63, 3.8) is 0 Å². The third-order valence-electron chi connectivity index (χ3n) is 3.54. The van der Waals surface area contributed by atoms with Crippen molar-refractivity contribution < 1.29 is 14.7 Å². The minimum atomic E-state index is -0.882. The van der Waals surface area contributed by atoms with E-state index in [4.69, 9.17) is 5.11 Å². The Labute approximate surface area is 108 Å². The second-order valence-corrected chi connectivity index (χ2v) is 5.35. The zero-order chi connectivity index (χ0) is 13.5. The Balaban J connectivity index is 2.27. The number of hydrogen-bond acceptors (Lipinski definition) is 3. The number of carbonyl (C=O) groups is 2. The van der Waals surface area contributed by atoms with Crippen LogP contribution in [0.4, 0.5) is 0 Å². The van der Waals surface area contributed by atoms with Gasteiger partial charge in [0.25, 0.3) is 0 Å². The second kappa shape index (κ2) is 7.36. The summed E-state index contributed by atoms with van der Waals surface area (Å²) in [4.78, 5) is 22.3. The number of carboxylic acid groups (broad SMARTS) is 1. The van der Waals surface area contributed by atoms with Gasteiger partial charge in [0.2, 0.25) is 5.91 Å². The van der Waals surface area contributed by atoms with Crippen LogP contribution in [0.2, 0.25) is 0 Å². The first-order valence-corrected chi connectivity index (χ1v) is 6.71. The lowest BCUT2D eigenvalue weighted by Crippen LogP contribution is -2.38. The Morgan fingerprint density at radius 1 is 1.39 bits per heavy atom. The molecule has 0 aliphatic carbocycles. The van der Waals surface area contributed by atoms with Crippen LogP contribution in [0, 0.1) is 11.8 Å². The number of carbonyl (C=O) groups excluding carboxylic acids is 1. The number of carboxylic acids is 1. The summed E-state index contributed by atoms with van der Waals surface area (Å²) in [6, 6.07) is -0.299. The average Bonchev–Trinajstić information content (AvgIpc) is 2.28. The van der Waals surface area contributed by atoms with Gasteiger partial charge in [0.15, 0.2) is 0 Å². The molecule has 3 unspecified atom stereocenters. The van der Waals surface area contributed by atoms with Crippen molar-refractivity contribution >= 4 is 11.9 Å². The van der Waals surface area contributed by atoms with Crippen LogP contribution in [-0.4, -0.2) is 36.1 Å². The Hall–Kier alpha value is -1.10. The van der Waals surface area contributed by atoms with Crippen LogP contribution in [0.25, 0.3) is 0 Å². The molecule has 0 radical (unpaired) electrons. The average molecular weight is 256 g/mol. The Kier molecular flexibility index (Phi) is 6.12. The van der Waals surface area contributed by atoms with E-state index >= 15 is 0 Å². The summed E-state index contributed by atoms with van der Waals surface area (Å²) in [5, 5.41) is 14.7. The molecule has 0 spiro atoms. The lowest BCUT2D eigenvalue weighted by Gasteiger charge is -2.28. The third kappa shape index (κ3) is 5.49. The third-order valence-corrected chi connectivity index (χ3v) is 3.54. The van der Waals surface area contributed by atoms with Crippen LogP contribution < -0.4 is 10.6 Å². The highest BCUT2D eigenvalue weighted by Crippen LogP contribution is 2.22. The Bertz CT molecular complexity index is 288. The highest BCUT2D eigenvalue weighted by atomic mass is 16.4. The van der Waals surface area contributed by atoms with Gasteiger partial charge in [-0.25, -0.2) is 0 Å². The van der Waals surface area contributed by atoms with E-state index in [0.29, 0.717) is 18.3 Å². The number of aliphatic carboxylic acids is 1. The summed E-state index contributed by atoms with van der Waals surface area (Å²) in [7, 11) is 0. The van der Waals surface area contributed by atoms with Crippen LogP contribution in [0.3, 0.4) is 0 Å². The van der Waals surface area contributed by atoms with Gasteiger partial charge >= 0.3 is 5.97 Å². The van der Waals surface area contributed by atoms with E-state index in [-0.39, 0.29) is 18.4 Å². The molecule has 0 saturated carbocycles. The first-order valence-electron chi connectivity index (χ1n) is 6.71. The Morgan fingerprint density at radius 3 is 2.67 bits per heavy atom. The molecule has 3 N–H and O–H groups in total. The first kappa shape index (κ1) is 15.0. The van der Waals surface area contributed by atoms with Gasteiger partial charge < -0.3 is 15.7 Å². The first-order chi connectivity index (χ1) is 8.49. The maximum atomic E-state index is 11.8. The van der Waals surface area contributed by atoms with Crippen molar-refractivity contribution in [2.45, 2.75) is 45.6 Å². The summed E-state index contributed by atoms with van der Waals surface area (Å²) < 4.78 is 0. The van der Waals surface area contributed by atoms with E-state index in [0.717, 1.165) is 13.1 Å². The molecule has 1 aliphatic heterocycles. The van der Waals surface area contributed by atoms with E-state index in [1.54, 1.807) is 6.92 Å². The topological polar surface area (TPSA) is 78.4 Å². The summed E-state index contributed by atoms with van der Waals surface area (Å²) in [5.41, 5.74) is 0. The van der Waals surface area contributed by atoms with Gasteiger partial charge in [-0.3, -0.25) is 9.59 Å². The molecular weight excluding hydrogens is 232 g/mol. The zero-order valence-electron chi connectivity index (χ0n) is 11.2. The van der Waals surface area contributed by atoms with Crippen molar-refractivity contribution in [2.75, 3.05) is 13.1 Å². The minimum Gasteiger partial charge on any atom is -0.481 e. The van der Waals surface area contributed by atoms with Crippen molar-refractivity contribution in [3.8, 4) is 0 Å². The summed E-state index contributed by atoms with van der Waals surface area (Å²) in [6.07, 6.45) is 2.81. The highest BCUT2D eigenvalue weighted by Gasteiger charge is 2.22. The number of amides is 1. The van der Waals surface area contributed by atoms with Crippen molar-refractivity contribution in [3.05, 3.63) is 0 Å². The molecule has 1 amide bonds. The fraction of sp³-hybridized carbons (Fsp3) is 0.846. The van der Waals surface area contributed by atoms with E-state index in [1.165, 1.54) is 12.8 Å².